The number of ether oxygens (including phenoxy) is 2. The number of rotatable bonds is 6. The van der Waals surface area contributed by atoms with Gasteiger partial charge >= 0.3 is 17.7 Å². The summed E-state index contributed by atoms with van der Waals surface area (Å²) in [5.74, 6) is -0.000819. The molecule has 2 aromatic rings. The number of pyridine rings is 1. The summed E-state index contributed by atoms with van der Waals surface area (Å²) in [6, 6.07) is 6.94. The number of nitro groups is 1. The molecule has 1 aliphatic rings. The fourth-order valence-corrected chi connectivity index (χ4v) is 4.05. The molecule has 1 aliphatic heterocycles. The fraction of sp³-hybridized carbons (Fsp3) is 0.455. The van der Waals surface area contributed by atoms with Crippen molar-refractivity contribution < 1.29 is 27.6 Å². The second-order valence-electron chi connectivity index (χ2n) is 9.00. The number of hydrogen-bond acceptors (Lipinski definition) is 9. The summed E-state index contributed by atoms with van der Waals surface area (Å²) in [5.41, 5.74) is -0.659. The monoisotopic (exact) mass is 492 g/mol. The number of hydrogen-bond donors (Lipinski definition) is 1. The van der Waals surface area contributed by atoms with Gasteiger partial charge in [0.05, 0.1) is 9.82 Å². The highest BCUT2D eigenvalue weighted by molar-refractivity contribution is 7.90. The van der Waals surface area contributed by atoms with E-state index in [1.165, 1.54) is 36.5 Å². The van der Waals surface area contributed by atoms with Gasteiger partial charge in [-0.25, -0.2) is 18.2 Å². The molecule has 0 spiro atoms. The minimum absolute atomic E-state index is 0.0957. The number of nitrogens with zero attached hydrogens (tertiary/aromatic N) is 3. The van der Waals surface area contributed by atoms with Crippen LogP contribution in [-0.4, -0.2) is 60.3 Å². The normalized spacial score (nSPS) is 15.0. The van der Waals surface area contributed by atoms with Crippen molar-refractivity contribution in [1.82, 2.24) is 9.88 Å². The lowest BCUT2D eigenvalue weighted by Gasteiger charge is -2.34. The number of sulfone groups is 1. The summed E-state index contributed by atoms with van der Waals surface area (Å²) in [5, 5.41) is 15.0. The van der Waals surface area contributed by atoms with Gasteiger partial charge in [-0.1, -0.05) is 0 Å². The third-order valence-corrected chi connectivity index (χ3v) is 6.17. The quantitative estimate of drug-likeness (QED) is 0.468. The summed E-state index contributed by atoms with van der Waals surface area (Å²) in [6.45, 7) is 6.34. The number of anilines is 1. The number of amides is 1. The first kappa shape index (κ1) is 25.2. The maximum Gasteiger partial charge on any atom is 0.410 e. The van der Waals surface area contributed by atoms with Crippen molar-refractivity contribution in [3.8, 4) is 11.6 Å². The molecule has 1 amide bonds. The lowest BCUT2D eigenvalue weighted by molar-refractivity contribution is -0.385. The van der Waals surface area contributed by atoms with Crippen molar-refractivity contribution in [2.24, 2.45) is 0 Å². The minimum Gasteiger partial charge on any atom is -0.444 e. The van der Waals surface area contributed by atoms with Gasteiger partial charge in [0, 0.05) is 31.6 Å². The number of aromatic nitrogens is 1. The molecule has 3 rings (SSSR count). The van der Waals surface area contributed by atoms with Gasteiger partial charge in [0.15, 0.2) is 9.84 Å². The van der Waals surface area contributed by atoms with Gasteiger partial charge in [-0.15, -0.1) is 0 Å². The second kappa shape index (κ2) is 9.84. The lowest BCUT2D eigenvalue weighted by atomic mass is 10.0. The van der Waals surface area contributed by atoms with Gasteiger partial charge in [-0.3, -0.25) is 10.1 Å². The van der Waals surface area contributed by atoms with Crippen LogP contribution in [0.3, 0.4) is 0 Å². The van der Waals surface area contributed by atoms with Crippen LogP contribution in [0.15, 0.2) is 41.4 Å². The van der Waals surface area contributed by atoms with E-state index in [-0.39, 0.29) is 40.0 Å². The minimum atomic E-state index is -3.38. The third-order valence-electron chi connectivity index (χ3n) is 5.05. The Kier molecular flexibility index (Phi) is 7.29. The number of likely N-dealkylation sites (tertiary alicyclic amines) is 1. The van der Waals surface area contributed by atoms with Crippen LogP contribution in [0.5, 0.6) is 11.6 Å². The Labute approximate surface area is 198 Å². The Morgan fingerprint density at radius 2 is 1.79 bits per heavy atom. The first-order valence-electron chi connectivity index (χ1n) is 10.7. The van der Waals surface area contributed by atoms with E-state index < -0.39 is 20.4 Å². The number of benzene rings is 1. The van der Waals surface area contributed by atoms with Crippen molar-refractivity contribution in [2.75, 3.05) is 24.7 Å². The largest absolute Gasteiger partial charge is 0.444 e. The van der Waals surface area contributed by atoms with Crippen LogP contribution in [0.2, 0.25) is 0 Å². The Bertz CT molecular complexity index is 1150. The summed E-state index contributed by atoms with van der Waals surface area (Å²) in [7, 11) is -3.38. The molecule has 184 valence electrons. The van der Waals surface area contributed by atoms with Crippen molar-refractivity contribution in [2.45, 2.75) is 50.2 Å². The summed E-state index contributed by atoms with van der Waals surface area (Å²) < 4.78 is 34.2. The highest BCUT2D eigenvalue weighted by atomic mass is 32.2. The van der Waals surface area contributed by atoms with Crippen LogP contribution >= 0.6 is 0 Å². The molecule has 0 aliphatic carbocycles. The summed E-state index contributed by atoms with van der Waals surface area (Å²) >= 11 is 0. The molecule has 12 heteroatoms. The van der Waals surface area contributed by atoms with E-state index in [4.69, 9.17) is 9.47 Å². The molecule has 1 N–H and O–H groups in total. The highest BCUT2D eigenvalue weighted by Crippen LogP contribution is 2.36. The van der Waals surface area contributed by atoms with Gasteiger partial charge in [0.2, 0.25) is 0 Å². The van der Waals surface area contributed by atoms with Crippen molar-refractivity contribution >= 4 is 27.3 Å². The summed E-state index contributed by atoms with van der Waals surface area (Å²) in [4.78, 5) is 29.2. The lowest BCUT2D eigenvalue weighted by Crippen LogP contribution is -2.44. The number of piperidine rings is 1. The fourth-order valence-electron chi connectivity index (χ4n) is 3.42. The first-order valence-corrected chi connectivity index (χ1v) is 12.6. The molecule has 1 aromatic carbocycles. The Morgan fingerprint density at radius 1 is 1.18 bits per heavy atom. The number of carbonyl (C=O) groups excluding carboxylic acids is 1. The summed E-state index contributed by atoms with van der Waals surface area (Å²) in [6.07, 6.45) is 3.27. The molecule has 1 fully saturated rings. The van der Waals surface area contributed by atoms with Crippen LogP contribution in [0.4, 0.5) is 16.2 Å². The van der Waals surface area contributed by atoms with Crippen LogP contribution in [0.1, 0.15) is 33.6 Å². The van der Waals surface area contributed by atoms with Gasteiger partial charge < -0.3 is 19.7 Å². The Morgan fingerprint density at radius 3 is 2.32 bits per heavy atom. The van der Waals surface area contributed by atoms with Gasteiger partial charge in [0.25, 0.3) is 0 Å². The zero-order chi connectivity index (χ0) is 25.1. The van der Waals surface area contributed by atoms with E-state index in [2.05, 4.69) is 10.3 Å². The molecule has 2 heterocycles. The molecule has 11 nitrogen and oxygen atoms in total. The molecule has 34 heavy (non-hydrogen) atoms. The van der Waals surface area contributed by atoms with Crippen molar-refractivity contribution in [3.05, 3.63) is 46.6 Å². The van der Waals surface area contributed by atoms with Crippen molar-refractivity contribution in [3.63, 3.8) is 0 Å². The zero-order valence-electron chi connectivity index (χ0n) is 19.5. The first-order chi connectivity index (χ1) is 15.8. The Hall–Kier alpha value is -3.41. The van der Waals surface area contributed by atoms with E-state index in [1.54, 1.807) is 4.90 Å². The average Bonchev–Trinajstić information content (AvgIpc) is 2.72. The molecule has 1 aromatic heterocycles. The van der Waals surface area contributed by atoms with E-state index in [0.29, 0.717) is 25.9 Å². The van der Waals surface area contributed by atoms with Crippen LogP contribution < -0.4 is 10.1 Å². The molecular formula is C22H28N4O7S. The molecular weight excluding hydrogens is 464 g/mol. The van der Waals surface area contributed by atoms with E-state index in [9.17, 15) is 23.3 Å². The van der Waals surface area contributed by atoms with Crippen LogP contribution in [0.25, 0.3) is 0 Å². The second-order valence-corrected chi connectivity index (χ2v) is 11.0. The Balaban J connectivity index is 1.71. The van der Waals surface area contributed by atoms with Crippen molar-refractivity contribution in [1.29, 1.82) is 0 Å². The molecule has 0 unspecified atom stereocenters. The average molecular weight is 493 g/mol. The van der Waals surface area contributed by atoms with Crippen LogP contribution in [0, 0.1) is 10.1 Å². The van der Waals surface area contributed by atoms with Gasteiger partial charge in [0.1, 0.15) is 17.0 Å². The maximum atomic E-state index is 12.3. The van der Waals surface area contributed by atoms with E-state index in [0.717, 1.165) is 6.26 Å². The maximum absolute atomic E-state index is 12.3. The number of nitrogens with one attached hydrogen (secondary N) is 1. The van der Waals surface area contributed by atoms with Gasteiger partial charge in [-0.2, -0.15) is 0 Å². The molecule has 1 saturated heterocycles. The number of carbonyl (C=O) groups is 1. The zero-order valence-corrected chi connectivity index (χ0v) is 20.3. The molecule has 0 atom stereocenters. The third kappa shape index (κ3) is 6.56. The smallest absolute Gasteiger partial charge is 0.410 e. The molecule has 0 saturated carbocycles. The van der Waals surface area contributed by atoms with Gasteiger partial charge in [-0.05, 0) is 63.9 Å². The predicted octanol–water partition coefficient (Wildman–Crippen LogP) is 4.00. The molecule has 0 radical (unpaired) electrons. The van der Waals surface area contributed by atoms with Crippen LogP contribution in [-0.2, 0) is 14.6 Å². The highest BCUT2D eigenvalue weighted by Gasteiger charge is 2.29. The topological polar surface area (TPSA) is 141 Å². The molecule has 0 bridgehead atoms. The predicted molar refractivity (Wildman–Crippen MR) is 125 cm³/mol. The SMILES string of the molecule is CC(C)(C)OC(=O)N1CCC(Nc2ccnc(Oc3ccc(S(C)(=O)=O)cc3)c2[N+](=O)[O-])CC1. The van der Waals surface area contributed by atoms with E-state index >= 15 is 0 Å². The standard InChI is InChI=1S/C22H28N4O7S/c1-22(2,3)33-21(27)25-13-10-15(11-14-25)24-18-9-12-23-20(19(18)26(28)29)32-16-5-7-17(8-6-16)34(4,30)31/h5-9,12,15H,10-11,13-14H2,1-4H3,(H,23,24). The van der Waals surface area contributed by atoms with E-state index in [1.807, 2.05) is 20.8 Å².